The van der Waals surface area contributed by atoms with Gasteiger partial charge < -0.3 is 4.90 Å². The first kappa shape index (κ1) is 23.1. The fourth-order valence-electron chi connectivity index (χ4n) is 3.57. The first-order valence-electron chi connectivity index (χ1n) is 10.3. The number of carbonyl (C=O) groups is 1. The number of fused-ring (bicyclic) bond motifs is 1. The summed E-state index contributed by atoms with van der Waals surface area (Å²) in [6, 6.07) is 15.9. The molecule has 33 heavy (non-hydrogen) atoms. The lowest BCUT2D eigenvalue weighted by molar-refractivity contribution is -0.116. The monoisotopic (exact) mass is 527 g/mol. The van der Waals surface area contributed by atoms with Crippen molar-refractivity contribution in [2.24, 2.45) is 0 Å². The molecule has 0 aliphatic rings. The Bertz CT molecular complexity index is 1420. The summed E-state index contributed by atoms with van der Waals surface area (Å²) in [6.07, 6.45) is 3.27. The van der Waals surface area contributed by atoms with Crippen molar-refractivity contribution >= 4 is 43.2 Å². The lowest BCUT2D eigenvalue weighted by Gasteiger charge is -2.19. The third kappa shape index (κ3) is 4.82. The first-order valence-corrected chi connectivity index (χ1v) is 12.5. The number of hydrogen-bond acceptors (Lipinski definition) is 5. The third-order valence-corrected chi connectivity index (χ3v) is 7.15. The quantitative estimate of drug-likeness (QED) is 0.391. The minimum atomic E-state index is -3.68. The molecule has 0 saturated carbocycles. The molecule has 8 nitrogen and oxygen atoms in total. The van der Waals surface area contributed by atoms with Crippen LogP contribution in [0.5, 0.6) is 0 Å². The van der Waals surface area contributed by atoms with Crippen LogP contribution in [0.4, 0.5) is 5.69 Å². The van der Waals surface area contributed by atoms with E-state index in [0.717, 1.165) is 21.4 Å². The standard InChI is InChI=1S/C23H22BrN5O3S/c1-3-28(16(2)30)20-6-4-5-17(13-20)22-11-12-25-23-18(14-26-29(22)23)15-27-33(31,32)21-9-7-19(24)8-10-21/h4-14,27H,3,15H2,1-2H3. The number of aromatic nitrogens is 3. The van der Waals surface area contributed by atoms with Gasteiger partial charge >= 0.3 is 0 Å². The number of benzene rings is 2. The molecular weight excluding hydrogens is 506 g/mol. The number of hydrogen-bond donors (Lipinski definition) is 1. The predicted octanol–water partition coefficient (Wildman–Crippen LogP) is 4.01. The Kier molecular flexibility index (Phi) is 6.59. The average Bonchev–Trinajstić information content (AvgIpc) is 3.22. The summed E-state index contributed by atoms with van der Waals surface area (Å²) in [7, 11) is -3.68. The highest BCUT2D eigenvalue weighted by Crippen LogP contribution is 2.26. The van der Waals surface area contributed by atoms with Gasteiger partial charge in [0.05, 0.1) is 16.8 Å². The van der Waals surface area contributed by atoms with Gasteiger partial charge in [-0.2, -0.15) is 5.10 Å². The third-order valence-electron chi connectivity index (χ3n) is 5.20. The maximum atomic E-state index is 12.6. The fourth-order valence-corrected chi connectivity index (χ4v) is 4.84. The number of nitrogens with one attached hydrogen (secondary N) is 1. The van der Waals surface area contributed by atoms with Crippen molar-refractivity contribution in [1.82, 2.24) is 19.3 Å². The van der Waals surface area contributed by atoms with E-state index in [9.17, 15) is 13.2 Å². The number of amides is 1. The number of nitrogens with zero attached hydrogens (tertiary/aromatic N) is 4. The maximum absolute atomic E-state index is 12.6. The van der Waals surface area contributed by atoms with Crippen molar-refractivity contribution < 1.29 is 13.2 Å². The minimum absolute atomic E-state index is 0.0334. The molecule has 1 amide bonds. The van der Waals surface area contributed by atoms with Crippen molar-refractivity contribution in [3.63, 3.8) is 0 Å². The van der Waals surface area contributed by atoms with Crippen LogP contribution in [0.25, 0.3) is 16.9 Å². The predicted molar refractivity (Wildman–Crippen MR) is 130 cm³/mol. The van der Waals surface area contributed by atoms with Crippen LogP contribution in [0.3, 0.4) is 0 Å². The van der Waals surface area contributed by atoms with Crippen LogP contribution < -0.4 is 9.62 Å². The summed E-state index contributed by atoms with van der Waals surface area (Å²) < 4.78 is 30.4. The molecule has 0 radical (unpaired) electrons. The Hall–Kier alpha value is -3.08. The number of sulfonamides is 1. The van der Waals surface area contributed by atoms with Gasteiger partial charge in [-0.05, 0) is 49.4 Å². The van der Waals surface area contributed by atoms with Gasteiger partial charge in [-0.3, -0.25) is 4.79 Å². The number of halogens is 1. The number of rotatable bonds is 7. The first-order chi connectivity index (χ1) is 15.8. The van der Waals surface area contributed by atoms with E-state index in [1.54, 1.807) is 33.9 Å². The van der Waals surface area contributed by atoms with Gasteiger partial charge in [0, 0.05) is 47.5 Å². The lowest BCUT2D eigenvalue weighted by atomic mass is 10.1. The summed E-state index contributed by atoms with van der Waals surface area (Å²) in [5, 5.41) is 4.44. The normalized spacial score (nSPS) is 11.6. The molecule has 0 aliphatic heterocycles. The van der Waals surface area contributed by atoms with E-state index in [1.165, 1.54) is 19.1 Å². The van der Waals surface area contributed by atoms with Gasteiger partial charge in [0.15, 0.2) is 5.65 Å². The zero-order valence-corrected chi connectivity index (χ0v) is 20.5. The highest BCUT2D eigenvalue weighted by atomic mass is 79.9. The molecule has 170 valence electrons. The second-order valence-corrected chi connectivity index (χ2v) is 10.0. The molecular formula is C23H22BrN5O3S. The van der Waals surface area contributed by atoms with Crippen LogP contribution in [0.2, 0.25) is 0 Å². The maximum Gasteiger partial charge on any atom is 0.240 e. The molecule has 0 fully saturated rings. The Morgan fingerprint density at radius 2 is 1.91 bits per heavy atom. The van der Waals surface area contributed by atoms with Crippen molar-refractivity contribution in [2.45, 2.75) is 25.3 Å². The summed E-state index contributed by atoms with van der Waals surface area (Å²) in [4.78, 5) is 18.2. The Labute approximate surface area is 200 Å². The van der Waals surface area contributed by atoms with Crippen molar-refractivity contribution in [2.75, 3.05) is 11.4 Å². The zero-order valence-electron chi connectivity index (χ0n) is 18.1. The SMILES string of the molecule is CCN(C(C)=O)c1cccc(-c2ccnc3c(CNS(=O)(=O)c4ccc(Br)cc4)cnn23)c1. The molecule has 4 aromatic rings. The number of carbonyl (C=O) groups excluding carboxylic acids is 1. The molecule has 2 heterocycles. The molecule has 2 aromatic carbocycles. The van der Waals surface area contributed by atoms with Crippen LogP contribution in [-0.2, 0) is 21.4 Å². The Morgan fingerprint density at radius 1 is 1.15 bits per heavy atom. The van der Waals surface area contributed by atoms with E-state index >= 15 is 0 Å². The summed E-state index contributed by atoms with van der Waals surface area (Å²) in [5.41, 5.74) is 3.64. The summed E-state index contributed by atoms with van der Waals surface area (Å²) >= 11 is 3.31. The van der Waals surface area contributed by atoms with Crippen LogP contribution in [0.1, 0.15) is 19.4 Å². The van der Waals surface area contributed by atoms with Crippen LogP contribution in [0.15, 0.2) is 76.4 Å². The van der Waals surface area contributed by atoms with E-state index in [4.69, 9.17) is 0 Å². The van der Waals surface area contributed by atoms with E-state index in [0.29, 0.717) is 17.8 Å². The molecule has 0 unspecified atom stereocenters. The molecule has 4 rings (SSSR count). The van der Waals surface area contributed by atoms with Crippen LogP contribution in [-0.4, -0.2) is 35.5 Å². The molecule has 2 aromatic heterocycles. The minimum Gasteiger partial charge on any atom is -0.313 e. The highest BCUT2D eigenvalue weighted by Gasteiger charge is 2.17. The zero-order chi connectivity index (χ0) is 23.6. The van der Waals surface area contributed by atoms with Crippen molar-refractivity contribution in [3.8, 4) is 11.3 Å². The second-order valence-electron chi connectivity index (χ2n) is 7.33. The van der Waals surface area contributed by atoms with Gasteiger partial charge in [-0.15, -0.1) is 0 Å². The Balaban J connectivity index is 1.64. The fraction of sp³-hybridized carbons (Fsp3) is 0.174. The molecule has 0 atom stereocenters. The second kappa shape index (κ2) is 9.42. The molecule has 0 aliphatic carbocycles. The van der Waals surface area contributed by atoms with Gasteiger partial charge in [-0.1, -0.05) is 28.1 Å². The van der Waals surface area contributed by atoms with Gasteiger partial charge in [0.25, 0.3) is 0 Å². The van der Waals surface area contributed by atoms with Crippen molar-refractivity contribution in [1.29, 1.82) is 0 Å². The van der Waals surface area contributed by atoms with E-state index in [1.807, 2.05) is 37.3 Å². The van der Waals surface area contributed by atoms with Crippen LogP contribution in [0, 0.1) is 0 Å². The average molecular weight is 528 g/mol. The molecule has 10 heteroatoms. The smallest absolute Gasteiger partial charge is 0.240 e. The lowest BCUT2D eigenvalue weighted by Crippen LogP contribution is -2.27. The van der Waals surface area contributed by atoms with Crippen molar-refractivity contribution in [3.05, 3.63) is 77.0 Å². The van der Waals surface area contributed by atoms with E-state index < -0.39 is 10.0 Å². The topological polar surface area (TPSA) is 96.7 Å². The van der Waals surface area contributed by atoms with Crippen LogP contribution >= 0.6 is 15.9 Å². The van der Waals surface area contributed by atoms with Gasteiger partial charge in [0.1, 0.15) is 0 Å². The largest absolute Gasteiger partial charge is 0.313 e. The van der Waals surface area contributed by atoms with Gasteiger partial charge in [-0.25, -0.2) is 22.6 Å². The molecule has 0 bridgehead atoms. The summed E-state index contributed by atoms with van der Waals surface area (Å²) in [5.74, 6) is -0.0334. The van der Waals surface area contributed by atoms with E-state index in [2.05, 4.69) is 30.7 Å². The summed E-state index contributed by atoms with van der Waals surface area (Å²) in [6.45, 7) is 4.07. The Morgan fingerprint density at radius 3 is 2.61 bits per heavy atom. The number of anilines is 1. The van der Waals surface area contributed by atoms with Gasteiger partial charge in [0.2, 0.25) is 15.9 Å². The molecule has 1 N–H and O–H groups in total. The molecule has 0 spiro atoms. The highest BCUT2D eigenvalue weighted by molar-refractivity contribution is 9.10. The molecule has 0 saturated heterocycles. The van der Waals surface area contributed by atoms with E-state index in [-0.39, 0.29) is 17.3 Å².